The van der Waals surface area contributed by atoms with Gasteiger partial charge in [-0.15, -0.1) is 0 Å². The molecule has 2 bridgehead atoms. The second kappa shape index (κ2) is 8.89. The van der Waals surface area contributed by atoms with E-state index in [1.807, 2.05) is 28.0 Å². The van der Waals surface area contributed by atoms with Crippen LogP contribution >= 0.6 is 0 Å². The van der Waals surface area contributed by atoms with Gasteiger partial charge in [-0.05, 0) is 67.5 Å². The lowest BCUT2D eigenvalue weighted by atomic mass is 9.43. The maximum absolute atomic E-state index is 14.2. The number of amides is 2. The van der Waals surface area contributed by atoms with Crippen molar-refractivity contribution in [3.05, 3.63) is 71.0 Å². The second-order valence-electron chi connectivity index (χ2n) is 10.6. The fourth-order valence-electron chi connectivity index (χ4n) is 6.32. The summed E-state index contributed by atoms with van der Waals surface area (Å²) in [6.07, 6.45) is 5.59. The number of sulfone groups is 1. The molecule has 0 radical (unpaired) electrons. The molecule has 35 heavy (non-hydrogen) atoms. The van der Waals surface area contributed by atoms with Crippen molar-refractivity contribution in [2.75, 3.05) is 31.6 Å². The van der Waals surface area contributed by atoms with E-state index in [-0.39, 0.29) is 41.3 Å². The highest BCUT2D eigenvalue weighted by atomic mass is 32.2. The van der Waals surface area contributed by atoms with Gasteiger partial charge in [0, 0.05) is 30.4 Å². The van der Waals surface area contributed by atoms with Crippen LogP contribution in [-0.4, -0.2) is 67.0 Å². The Balaban J connectivity index is 1.46. The Morgan fingerprint density at radius 3 is 2.49 bits per heavy atom. The van der Waals surface area contributed by atoms with Crippen LogP contribution in [0.3, 0.4) is 0 Å². The van der Waals surface area contributed by atoms with Crippen molar-refractivity contribution in [1.82, 2.24) is 15.1 Å². The molecule has 3 fully saturated rings. The van der Waals surface area contributed by atoms with E-state index >= 15 is 0 Å². The Morgan fingerprint density at radius 2 is 1.83 bits per heavy atom. The van der Waals surface area contributed by atoms with Gasteiger partial charge >= 0.3 is 6.03 Å². The molecule has 2 aromatic rings. The predicted molar refractivity (Wildman–Crippen MR) is 135 cm³/mol. The quantitative estimate of drug-likeness (QED) is 0.598. The summed E-state index contributed by atoms with van der Waals surface area (Å²) in [6.45, 7) is 3.81. The first kappa shape index (κ1) is 24.3. The van der Waals surface area contributed by atoms with Crippen LogP contribution in [0.5, 0.6) is 0 Å². The summed E-state index contributed by atoms with van der Waals surface area (Å²) in [4.78, 5) is 17.9. The maximum atomic E-state index is 14.2. The molecule has 4 aliphatic rings. The smallest absolute Gasteiger partial charge is 0.318 e. The Hall–Kier alpha value is -2.45. The molecular formula is C27H34FN3O3S. The molecule has 0 spiro atoms. The van der Waals surface area contributed by atoms with Gasteiger partial charge < -0.3 is 15.1 Å². The van der Waals surface area contributed by atoms with E-state index in [4.69, 9.17) is 0 Å². The number of urea groups is 1. The molecule has 1 heterocycles. The lowest BCUT2D eigenvalue weighted by Crippen LogP contribution is -2.84. The topological polar surface area (TPSA) is 69.7 Å². The van der Waals surface area contributed by atoms with Crippen LogP contribution in [0.1, 0.15) is 55.3 Å². The molecule has 0 aromatic heterocycles. The van der Waals surface area contributed by atoms with Crippen LogP contribution in [0.25, 0.3) is 0 Å². The Labute approximate surface area is 207 Å². The number of carbonyl (C=O) groups excluding carboxylic acids is 1. The van der Waals surface area contributed by atoms with E-state index in [1.165, 1.54) is 24.0 Å². The van der Waals surface area contributed by atoms with Crippen molar-refractivity contribution in [1.29, 1.82) is 0 Å². The largest absolute Gasteiger partial charge is 0.321 e. The van der Waals surface area contributed by atoms with Gasteiger partial charge in [0.2, 0.25) is 0 Å². The molecule has 3 aliphatic carbocycles. The van der Waals surface area contributed by atoms with E-state index in [1.54, 1.807) is 12.1 Å². The monoisotopic (exact) mass is 499 g/mol. The normalized spacial score (nSPS) is 26.9. The van der Waals surface area contributed by atoms with E-state index in [0.717, 1.165) is 49.8 Å². The summed E-state index contributed by atoms with van der Waals surface area (Å²) < 4.78 is 37.9. The Bertz CT molecular complexity index is 1190. The lowest BCUT2D eigenvalue weighted by molar-refractivity contribution is -0.162. The molecule has 0 unspecified atom stereocenters. The zero-order valence-electron chi connectivity index (χ0n) is 20.5. The van der Waals surface area contributed by atoms with Crippen molar-refractivity contribution in [2.45, 2.75) is 56.1 Å². The molecule has 188 valence electrons. The maximum Gasteiger partial charge on any atom is 0.321 e. The number of nitrogens with one attached hydrogen (secondary N) is 1. The molecular weight excluding hydrogens is 465 g/mol. The predicted octanol–water partition coefficient (Wildman–Crippen LogP) is 3.91. The first-order valence-corrected chi connectivity index (χ1v) is 14.6. The van der Waals surface area contributed by atoms with Gasteiger partial charge in [-0.25, -0.2) is 17.6 Å². The molecule has 2 amide bonds. The summed E-state index contributed by atoms with van der Waals surface area (Å²) in [7, 11) is -3.23. The van der Waals surface area contributed by atoms with Gasteiger partial charge in [0.1, 0.15) is 15.7 Å². The van der Waals surface area contributed by atoms with Crippen molar-refractivity contribution < 1.29 is 17.6 Å². The average molecular weight is 500 g/mol. The zero-order chi connectivity index (χ0) is 24.8. The number of hydrogen-bond acceptors (Lipinski definition) is 4. The van der Waals surface area contributed by atoms with Crippen molar-refractivity contribution >= 4 is 15.9 Å². The van der Waals surface area contributed by atoms with E-state index in [2.05, 4.69) is 18.3 Å². The summed E-state index contributed by atoms with van der Waals surface area (Å²) in [5, 5.41) is 3.63. The third-order valence-electron chi connectivity index (χ3n) is 7.96. The average Bonchev–Trinajstić information content (AvgIpc) is 2.78. The number of hydrogen-bond donors (Lipinski definition) is 1. The van der Waals surface area contributed by atoms with Gasteiger partial charge in [0.05, 0.1) is 11.8 Å². The first-order chi connectivity index (χ1) is 16.7. The van der Waals surface area contributed by atoms with Gasteiger partial charge in [0.15, 0.2) is 0 Å². The minimum Gasteiger partial charge on any atom is -0.318 e. The molecule has 2 aromatic carbocycles. The number of rotatable bonds is 8. The fraction of sp³-hybridized carbons (Fsp3) is 0.519. The highest BCUT2D eigenvalue weighted by Crippen LogP contribution is 2.63. The summed E-state index contributed by atoms with van der Waals surface area (Å²) in [5.41, 5.74) is 2.88. The zero-order valence-corrected chi connectivity index (χ0v) is 21.3. The number of halogens is 1. The second-order valence-corrected chi connectivity index (χ2v) is 12.9. The summed E-state index contributed by atoms with van der Waals surface area (Å²) in [6, 6.07) is 14.0. The SMILES string of the molecule is CCCNC12CC(N(CCS(C)(=O)=O)C(=O)N3CCc4ccccc4[C@@H]3c3ccc(F)cc3)(C1)C2. The van der Waals surface area contributed by atoms with Gasteiger partial charge in [-0.2, -0.15) is 0 Å². The van der Waals surface area contributed by atoms with Crippen LogP contribution in [0.15, 0.2) is 48.5 Å². The highest BCUT2D eigenvalue weighted by molar-refractivity contribution is 7.90. The van der Waals surface area contributed by atoms with Gasteiger partial charge in [-0.3, -0.25) is 0 Å². The van der Waals surface area contributed by atoms with E-state index in [0.29, 0.717) is 6.54 Å². The lowest BCUT2D eigenvalue weighted by Gasteiger charge is -2.74. The van der Waals surface area contributed by atoms with Crippen molar-refractivity contribution in [3.63, 3.8) is 0 Å². The number of carbonyl (C=O) groups is 1. The van der Waals surface area contributed by atoms with Crippen LogP contribution in [0.2, 0.25) is 0 Å². The minimum atomic E-state index is -3.23. The number of nitrogens with zero attached hydrogens (tertiary/aromatic N) is 2. The fourth-order valence-corrected chi connectivity index (χ4v) is 6.84. The van der Waals surface area contributed by atoms with Crippen LogP contribution in [-0.2, 0) is 16.3 Å². The first-order valence-electron chi connectivity index (χ1n) is 12.5. The number of fused-ring (bicyclic) bond motifs is 1. The summed E-state index contributed by atoms with van der Waals surface area (Å²) in [5.74, 6) is -0.370. The van der Waals surface area contributed by atoms with E-state index in [9.17, 15) is 17.6 Å². The summed E-state index contributed by atoms with van der Waals surface area (Å²) >= 11 is 0. The van der Waals surface area contributed by atoms with Crippen LogP contribution < -0.4 is 5.32 Å². The molecule has 0 saturated heterocycles. The molecule has 1 aliphatic heterocycles. The minimum absolute atomic E-state index is 0.0540. The number of benzene rings is 2. The molecule has 1 atom stereocenters. The van der Waals surface area contributed by atoms with Gasteiger partial charge in [0.25, 0.3) is 0 Å². The standard InChI is InChI=1S/C27H34FN3O3S/c1-3-13-29-26-17-27(18-26,19-26)31(15-16-35(2,33)34)25(32)30-14-12-20-6-4-5-7-23(20)24(30)21-8-10-22(28)11-9-21/h4-11,24,29H,3,12-19H2,1-2H3/t24-,26?,27?/m0/s1. The Kier molecular flexibility index (Phi) is 6.16. The molecule has 3 saturated carbocycles. The molecule has 1 N–H and O–H groups in total. The molecule has 8 heteroatoms. The van der Waals surface area contributed by atoms with Crippen molar-refractivity contribution in [2.24, 2.45) is 0 Å². The Morgan fingerprint density at radius 1 is 1.14 bits per heavy atom. The highest BCUT2D eigenvalue weighted by Gasteiger charge is 2.71. The third-order valence-corrected chi connectivity index (χ3v) is 8.88. The molecule has 6 rings (SSSR count). The van der Waals surface area contributed by atoms with Crippen LogP contribution in [0.4, 0.5) is 9.18 Å². The van der Waals surface area contributed by atoms with E-state index < -0.39 is 9.84 Å². The van der Waals surface area contributed by atoms with Crippen molar-refractivity contribution in [3.8, 4) is 0 Å². The molecule has 6 nitrogen and oxygen atoms in total. The van der Waals surface area contributed by atoms with Crippen LogP contribution in [0, 0.1) is 5.82 Å². The third kappa shape index (κ3) is 4.47. The van der Waals surface area contributed by atoms with Gasteiger partial charge in [-0.1, -0.05) is 43.3 Å².